The molecule has 2 aliphatic rings. The summed E-state index contributed by atoms with van der Waals surface area (Å²) in [5.41, 5.74) is 2.34. The molecule has 0 radical (unpaired) electrons. The topological polar surface area (TPSA) is 68.3 Å². The fourth-order valence-corrected chi connectivity index (χ4v) is 3.81. The maximum absolute atomic E-state index is 13.4. The van der Waals surface area contributed by atoms with E-state index >= 15 is 0 Å². The van der Waals surface area contributed by atoms with Crippen molar-refractivity contribution >= 4 is 17.4 Å². The van der Waals surface area contributed by atoms with E-state index in [4.69, 9.17) is 14.2 Å². The van der Waals surface area contributed by atoms with Gasteiger partial charge >= 0.3 is 0 Å². The lowest BCUT2D eigenvalue weighted by atomic mass is 10.0. The third-order valence-electron chi connectivity index (χ3n) is 5.33. The first-order valence-corrected chi connectivity index (χ1v) is 9.83. The molecule has 2 aromatic rings. The molecule has 0 atom stereocenters. The van der Waals surface area contributed by atoms with E-state index in [0.717, 1.165) is 5.56 Å². The Morgan fingerprint density at radius 3 is 2.27 bits per heavy atom. The summed E-state index contributed by atoms with van der Waals surface area (Å²) in [6.07, 6.45) is 0. The second kappa shape index (κ2) is 8.59. The Hall–Kier alpha value is -3.32. The summed E-state index contributed by atoms with van der Waals surface area (Å²) in [5.74, 6) is 0.478. The maximum Gasteiger partial charge on any atom is 0.278 e. The number of morpholine rings is 1. The minimum atomic E-state index is -0.308. The number of methoxy groups -OCH3 is 2. The molecule has 0 aliphatic carbocycles. The first-order chi connectivity index (χ1) is 14.6. The van der Waals surface area contributed by atoms with Crippen molar-refractivity contribution in [2.24, 2.45) is 0 Å². The molecular formula is C23H24N2O5. The molecule has 7 heteroatoms. The van der Waals surface area contributed by atoms with Gasteiger partial charge in [-0.2, -0.15) is 0 Å². The van der Waals surface area contributed by atoms with Crippen LogP contribution in [0.15, 0.2) is 54.2 Å². The monoisotopic (exact) mass is 408 g/mol. The van der Waals surface area contributed by atoms with Gasteiger partial charge in [-0.05, 0) is 23.3 Å². The average molecular weight is 408 g/mol. The van der Waals surface area contributed by atoms with E-state index in [-0.39, 0.29) is 18.4 Å². The molecule has 0 bridgehead atoms. The number of rotatable bonds is 6. The van der Waals surface area contributed by atoms with Crippen LogP contribution in [-0.2, 0) is 20.9 Å². The van der Waals surface area contributed by atoms with Crippen LogP contribution in [0.5, 0.6) is 11.5 Å². The molecule has 4 rings (SSSR count). The van der Waals surface area contributed by atoms with Gasteiger partial charge in [0.05, 0.1) is 39.6 Å². The number of carbonyl (C=O) groups is 2. The van der Waals surface area contributed by atoms with Gasteiger partial charge in [-0.1, -0.05) is 36.4 Å². The zero-order chi connectivity index (χ0) is 21.1. The van der Waals surface area contributed by atoms with Crippen molar-refractivity contribution in [1.82, 2.24) is 9.80 Å². The van der Waals surface area contributed by atoms with Crippen LogP contribution >= 0.6 is 0 Å². The molecule has 2 aliphatic heterocycles. The van der Waals surface area contributed by atoms with Gasteiger partial charge in [0.15, 0.2) is 11.5 Å². The number of hydrogen-bond acceptors (Lipinski definition) is 6. The molecule has 30 heavy (non-hydrogen) atoms. The molecule has 0 saturated carbocycles. The quantitative estimate of drug-likeness (QED) is 0.684. The highest BCUT2D eigenvalue weighted by Gasteiger charge is 2.42. The van der Waals surface area contributed by atoms with Gasteiger partial charge in [0, 0.05) is 13.1 Å². The Labute approximate surface area is 175 Å². The number of nitrogens with zero attached hydrogens (tertiary/aromatic N) is 2. The summed E-state index contributed by atoms with van der Waals surface area (Å²) in [7, 11) is 3.10. The fourth-order valence-electron chi connectivity index (χ4n) is 3.81. The Bertz CT molecular complexity index is 980. The Balaban J connectivity index is 1.77. The molecule has 2 amide bonds. The summed E-state index contributed by atoms with van der Waals surface area (Å²) in [6, 6.07) is 14.8. The van der Waals surface area contributed by atoms with E-state index in [9.17, 15) is 9.59 Å². The van der Waals surface area contributed by atoms with Gasteiger partial charge in [0.25, 0.3) is 11.8 Å². The molecule has 0 aromatic heterocycles. The summed E-state index contributed by atoms with van der Waals surface area (Å²) < 4.78 is 16.2. The molecule has 0 spiro atoms. The van der Waals surface area contributed by atoms with E-state index in [2.05, 4.69) is 0 Å². The van der Waals surface area contributed by atoms with Crippen LogP contribution in [0.1, 0.15) is 11.1 Å². The lowest BCUT2D eigenvalue weighted by Gasteiger charge is -2.29. The van der Waals surface area contributed by atoms with Crippen LogP contribution in [0, 0.1) is 0 Å². The van der Waals surface area contributed by atoms with Crippen LogP contribution in [0.4, 0.5) is 0 Å². The van der Waals surface area contributed by atoms with Gasteiger partial charge < -0.3 is 19.1 Å². The number of ether oxygens (including phenoxy) is 3. The van der Waals surface area contributed by atoms with Gasteiger partial charge in [-0.3, -0.25) is 14.5 Å². The summed E-state index contributed by atoms with van der Waals surface area (Å²) in [5, 5.41) is 0. The van der Waals surface area contributed by atoms with Crippen molar-refractivity contribution in [3.63, 3.8) is 0 Å². The van der Waals surface area contributed by atoms with E-state index in [1.54, 1.807) is 32.4 Å². The second-order valence-electron chi connectivity index (χ2n) is 7.07. The zero-order valence-electron chi connectivity index (χ0n) is 17.1. The van der Waals surface area contributed by atoms with E-state index in [0.29, 0.717) is 54.6 Å². The Morgan fingerprint density at radius 1 is 0.900 bits per heavy atom. The van der Waals surface area contributed by atoms with Crippen LogP contribution in [0.25, 0.3) is 5.57 Å². The third kappa shape index (κ3) is 3.64. The summed E-state index contributed by atoms with van der Waals surface area (Å²) >= 11 is 0. The van der Waals surface area contributed by atoms with Crippen molar-refractivity contribution in [1.29, 1.82) is 0 Å². The zero-order valence-corrected chi connectivity index (χ0v) is 17.1. The number of carbonyl (C=O) groups excluding carboxylic acids is 2. The fraction of sp³-hybridized carbons (Fsp3) is 0.304. The number of imide groups is 1. The SMILES string of the molecule is COc1ccc(C2=C(N3CCOCC3)C(=O)N(Cc3ccccc3)C2=O)cc1OC. The molecule has 1 fully saturated rings. The van der Waals surface area contributed by atoms with E-state index in [1.807, 2.05) is 35.2 Å². The standard InChI is InChI=1S/C23H24N2O5/c1-28-18-9-8-17(14-19(18)29-2)20-21(24-10-12-30-13-11-24)23(27)25(22(20)26)15-16-6-4-3-5-7-16/h3-9,14H,10-13,15H2,1-2H3. The largest absolute Gasteiger partial charge is 0.493 e. The van der Waals surface area contributed by atoms with Gasteiger partial charge in [0.1, 0.15) is 5.70 Å². The van der Waals surface area contributed by atoms with Crippen LogP contribution in [0.2, 0.25) is 0 Å². The molecule has 1 saturated heterocycles. The van der Waals surface area contributed by atoms with Crippen molar-refractivity contribution < 1.29 is 23.8 Å². The average Bonchev–Trinajstić information content (AvgIpc) is 3.04. The van der Waals surface area contributed by atoms with Gasteiger partial charge in [0.2, 0.25) is 0 Å². The summed E-state index contributed by atoms with van der Waals surface area (Å²) in [4.78, 5) is 30.1. The van der Waals surface area contributed by atoms with Crippen LogP contribution in [-0.4, -0.2) is 62.1 Å². The first-order valence-electron chi connectivity index (χ1n) is 9.83. The highest BCUT2D eigenvalue weighted by atomic mass is 16.5. The second-order valence-corrected chi connectivity index (χ2v) is 7.07. The van der Waals surface area contributed by atoms with Crippen LogP contribution < -0.4 is 9.47 Å². The van der Waals surface area contributed by atoms with Crippen molar-refractivity contribution in [3.05, 3.63) is 65.4 Å². The van der Waals surface area contributed by atoms with Crippen LogP contribution in [0.3, 0.4) is 0 Å². The highest BCUT2D eigenvalue weighted by molar-refractivity contribution is 6.35. The molecule has 2 heterocycles. The highest BCUT2D eigenvalue weighted by Crippen LogP contribution is 2.37. The molecule has 0 N–H and O–H groups in total. The Kier molecular flexibility index (Phi) is 5.72. The molecule has 7 nitrogen and oxygen atoms in total. The minimum Gasteiger partial charge on any atom is -0.493 e. The smallest absolute Gasteiger partial charge is 0.278 e. The van der Waals surface area contributed by atoms with Gasteiger partial charge in [-0.25, -0.2) is 0 Å². The number of hydrogen-bond donors (Lipinski definition) is 0. The number of amides is 2. The Morgan fingerprint density at radius 2 is 1.60 bits per heavy atom. The lowest BCUT2D eigenvalue weighted by Crippen LogP contribution is -2.40. The third-order valence-corrected chi connectivity index (χ3v) is 5.33. The maximum atomic E-state index is 13.4. The van der Waals surface area contributed by atoms with Crippen molar-refractivity contribution in [3.8, 4) is 11.5 Å². The van der Waals surface area contributed by atoms with Gasteiger partial charge in [-0.15, -0.1) is 0 Å². The minimum absolute atomic E-state index is 0.225. The normalized spacial score (nSPS) is 17.0. The lowest BCUT2D eigenvalue weighted by molar-refractivity contribution is -0.138. The summed E-state index contributed by atoms with van der Waals surface area (Å²) in [6.45, 7) is 2.38. The van der Waals surface area contributed by atoms with Crippen molar-refractivity contribution in [2.45, 2.75) is 6.54 Å². The predicted molar refractivity (Wildman–Crippen MR) is 111 cm³/mol. The molecule has 156 valence electrons. The molecular weight excluding hydrogens is 384 g/mol. The van der Waals surface area contributed by atoms with E-state index in [1.165, 1.54) is 4.90 Å². The first kappa shape index (κ1) is 20.0. The predicted octanol–water partition coefficient (Wildman–Crippen LogP) is 2.32. The molecule has 0 unspecified atom stereocenters. The molecule has 2 aromatic carbocycles. The number of benzene rings is 2. The van der Waals surface area contributed by atoms with E-state index < -0.39 is 0 Å². The van der Waals surface area contributed by atoms with Crippen molar-refractivity contribution in [2.75, 3.05) is 40.5 Å².